The minimum Gasteiger partial charge on any atom is -0.465 e. The topological polar surface area (TPSA) is 63.7 Å². The standard InChI is InChI=1S/C14H12BrNO4S/c1-20-14(17)12-9-5-6-10-13(12)21(18,19)16(15)11-7-3-2-4-8-11/h2-10H,1H3. The average molecular weight is 370 g/mol. The Kier molecular flexibility index (Phi) is 4.64. The Hall–Kier alpha value is -1.86. The molecule has 0 fully saturated rings. The van der Waals surface area contributed by atoms with Gasteiger partial charge in [0.1, 0.15) is 4.90 Å². The molecule has 0 aliphatic heterocycles. The summed E-state index contributed by atoms with van der Waals surface area (Å²) in [5.41, 5.74) is 0.414. The van der Waals surface area contributed by atoms with Gasteiger partial charge in [-0.15, -0.1) is 0 Å². The summed E-state index contributed by atoms with van der Waals surface area (Å²) in [5, 5.41) is 0. The molecule has 0 bridgehead atoms. The van der Waals surface area contributed by atoms with Crippen molar-refractivity contribution in [1.82, 2.24) is 0 Å². The first kappa shape index (κ1) is 15.5. The molecule has 0 saturated carbocycles. The first-order valence-corrected chi connectivity index (χ1v) is 8.07. The van der Waals surface area contributed by atoms with Crippen LogP contribution in [-0.4, -0.2) is 21.5 Å². The number of halogens is 1. The van der Waals surface area contributed by atoms with Crippen LogP contribution in [0.3, 0.4) is 0 Å². The molecule has 0 N–H and O–H groups in total. The van der Waals surface area contributed by atoms with Gasteiger partial charge >= 0.3 is 5.97 Å². The molecule has 0 saturated heterocycles. The Morgan fingerprint density at radius 3 is 2.24 bits per heavy atom. The summed E-state index contributed by atoms with van der Waals surface area (Å²) < 4.78 is 30.9. The van der Waals surface area contributed by atoms with Crippen molar-refractivity contribution in [3.63, 3.8) is 0 Å². The summed E-state index contributed by atoms with van der Waals surface area (Å²) in [6, 6.07) is 14.4. The summed E-state index contributed by atoms with van der Waals surface area (Å²) >= 11 is 3.04. The van der Waals surface area contributed by atoms with Crippen LogP contribution in [0.4, 0.5) is 5.69 Å². The highest BCUT2D eigenvalue weighted by Gasteiger charge is 2.28. The fourth-order valence-corrected chi connectivity index (χ4v) is 3.70. The Morgan fingerprint density at radius 2 is 1.62 bits per heavy atom. The van der Waals surface area contributed by atoms with E-state index in [2.05, 4.69) is 20.9 Å². The fourth-order valence-electron chi connectivity index (χ4n) is 1.74. The molecule has 2 aromatic carbocycles. The van der Waals surface area contributed by atoms with Crippen LogP contribution in [0.25, 0.3) is 0 Å². The normalized spacial score (nSPS) is 11.0. The highest BCUT2D eigenvalue weighted by molar-refractivity contribution is 9.11. The quantitative estimate of drug-likeness (QED) is 0.613. The number of benzene rings is 2. The van der Waals surface area contributed by atoms with Crippen molar-refractivity contribution in [2.45, 2.75) is 4.90 Å². The van der Waals surface area contributed by atoms with E-state index >= 15 is 0 Å². The summed E-state index contributed by atoms with van der Waals surface area (Å²) in [6.45, 7) is 0. The molecule has 0 aromatic heterocycles. The second-order valence-electron chi connectivity index (χ2n) is 4.04. The smallest absolute Gasteiger partial charge is 0.339 e. The maximum Gasteiger partial charge on any atom is 0.339 e. The molecule has 21 heavy (non-hydrogen) atoms. The molecule has 0 aliphatic carbocycles. The Labute approximate surface area is 131 Å². The molecule has 7 heteroatoms. The molecular weight excluding hydrogens is 358 g/mol. The van der Waals surface area contributed by atoms with Crippen LogP contribution in [0, 0.1) is 0 Å². The third kappa shape index (κ3) is 3.08. The number of carbonyl (C=O) groups is 1. The Morgan fingerprint density at radius 1 is 1.05 bits per heavy atom. The SMILES string of the molecule is COC(=O)c1ccccc1S(=O)(=O)N(Br)c1ccccc1. The average Bonchev–Trinajstić information content (AvgIpc) is 2.54. The van der Waals surface area contributed by atoms with Crippen molar-refractivity contribution in [3.05, 3.63) is 60.2 Å². The fraction of sp³-hybridized carbons (Fsp3) is 0.0714. The van der Waals surface area contributed by atoms with Gasteiger partial charge in [-0.1, -0.05) is 30.3 Å². The number of hydrogen-bond donors (Lipinski definition) is 0. The van der Waals surface area contributed by atoms with Gasteiger partial charge in [0.15, 0.2) is 0 Å². The predicted molar refractivity (Wildman–Crippen MR) is 82.8 cm³/mol. The molecule has 5 nitrogen and oxygen atoms in total. The molecule has 110 valence electrons. The second-order valence-corrected chi connectivity index (χ2v) is 6.98. The third-order valence-electron chi connectivity index (χ3n) is 2.74. The molecule has 0 radical (unpaired) electrons. The largest absolute Gasteiger partial charge is 0.465 e. The molecule has 0 unspecified atom stereocenters. The minimum absolute atomic E-state index is 0.0135. The number of carbonyl (C=O) groups excluding carboxylic acids is 1. The zero-order chi connectivity index (χ0) is 15.5. The van der Waals surface area contributed by atoms with E-state index in [9.17, 15) is 13.2 Å². The molecule has 2 rings (SSSR count). The van der Waals surface area contributed by atoms with Gasteiger partial charge in [-0.05, 0) is 24.3 Å². The first-order valence-electron chi connectivity index (χ1n) is 5.92. The predicted octanol–water partition coefficient (Wildman–Crippen LogP) is 2.98. The molecule has 0 atom stereocenters. The monoisotopic (exact) mass is 369 g/mol. The minimum atomic E-state index is -3.93. The number of ether oxygens (including phenoxy) is 1. The van der Waals surface area contributed by atoms with E-state index < -0.39 is 16.0 Å². The lowest BCUT2D eigenvalue weighted by molar-refractivity contribution is 0.0596. The number of nitrogens with zero attached hydrogens (tertiary/aromatic N) is 1. The van der Waals surface area contributed by atoms with Crippen LogP contribution in [0.15, 0.2) is 59.5 Å². The molecule has 0 spiro atoms. The van der Waals surface area contributed by atoms with Crippen LogP contribution < -0.4 is 3.33 Å². The second kappa shape index (κ2) is 6.28. The van der Waals surface area contributed by atoms with E-state index in [4.69, 9.17) is 0 Å². The van der Waals surface area contributed by atoms with Crippen molar-refractivity contribution >= 4 is 37.8 Å². The molecule has 0 aliphatic rings. The van der Waals surface area contributed by atoms with Gasteiger partial charge in [-0.2, -0.15) is 3.33 Å². The van der Waals surface area contributed by atoms with Crippen molar-refractivity contribution in [1.29, 1.82) is 0 Å². The Bertz CT molecular complexity index is 747. The van der Waals surface area contributed by atoms with Gasteiger partial charge in [0.05, 0.1) is 34.5 Å². The van der Waals surface area contributed by atoms with E-state index in [1.807, 2.05) is 0 Å². The van der Waals surface area contributed by atoms with Gasteiger partial charge in [0.25, 0.3) is 10.0 Å². The van der Waals surface area contributed by atoms with E-state index in [0.29, 0.717) is 5.69 Å². The third-order valence-corrected chi connectivity index (χ3v) is 5.84. The summed E-state index contributed by atoms with van der Waals surface area (Å²) in [7, 11) is -2.73. The van der Waals surface area contributed by atoms with E-state index in [0.717, 1.165) is 3.33 Å². The van der Waals surface area contributed by atoms with E-state index in [1.165, 1.54) is 19.2 Å². The van der Waals surface area contributed by atoms with Gasteiger partial charge in [-0.3, -0.25) is 0 Å². The van der Waals surface area contributed by atoms with Crippen molar-refractivity contribution in [2.75, 3.05) is 10.4 Å². The molecular formula is C14H12BrNO4S. The van der Waals surface area contributed by atoms with Crippen molar-refractivity contribution < 1.29 is 17.9 Å². The maximum atomic E-state index is 12.6. The zero-order valence-electron chi connectivity index (χ0n) is 11.1. The maximum absolute atomic E-state index is 12.6. The highest BCUT2D eigenvalue weighted by atomic mass is 79.9. The number of methoxy groups -OCH3 is 1. The van der Waals surface area contributed by atoms with Gasteiger partial charge in [-0.25, -0.2) is 13.2 Å². The van der Waals surface area contributed by atoms with Gasteiger partial charge < -0.3 is 4.74 Å². The lowest BCUT2D eigenvalue weighted by Gasteiger charge is -2.18. The lowest BCUT2D eigenvalue weighted by Crippen LogP contribution is -2.23. The lowest BCUT2D eigenvalue weighted by atomic mass is 10.2. The summed E-state index contributed by atoms with van der Waals surface area (Å²) in [4.78, 5) is 11.6. The number of hydrogen-bond acceptors (Lipinski definition) is 4. The van der Waals surface area contributed by atoms with Crippen LogP contribution in [0.1, 0.15) is 10.4 Å². The molecule has 0 amide bonds. The summed E-state index contributed by atoms with van der Waals surface area (Å²) in [6.07, 6.45) is 0. The number of anilines is 1. The van der Waals surface area contributed by atoms with E-state index in [1.54, 1.807) is 42.5 Å². The number of rotatable bonds is 4. The van der Waals surface area contributed by atoms with E-state index in [-0.39, 0.29) is 10.5 Å². The van der Waals surface area contributed by atoms with Crippen LogP contribution >= 0.6 is 16.1 Å². The van der Waals surface area contributed by atoms with Crippen LogP contribution in [0.2, 0.25) is 0 Å². The highest BCUT2D eigenvalue weighted by Crippen LogP contribution is 2.28. The number of para-hydroxylation sites is 1. The molecule has 2 aromatic rings. The van der Waals surface area contributed by atoms with Gasteiger partial charge in [0, 0.05) is 0 Å². The first-order chi connectivity index (χ1) is 9.98. The zero-order valence-corrected chi connectivity index (χ0v) is 13.5. The Balaban J connectivity index is 2.53. The number of esters is 1. The molecule has 0 heterocycles. The van der Waals surface area contributed by atoms with Crippen LogP contribution in [-0.2, 0) is 14.8 Å². The number of sulfonamides is 1. The van der Waals surface area contributed by atoms with Crippen molar-refractivity contribution in [2.24, 2.45) is 0 Å². The van der Waals surface area contributed by atoms with Crippen LogP contribution in [0.5, 0.6) is 0 Å². The van der Waals surface area contributed by atoms with Crippen molar-refractivity contribution in [3.8, 4) is 0 Å². The van der Waals surface area contributed by atoms with Gasteiger partial charge in [0.2, 0.25) is 0 Å². The summed E-state index contributed by atoms with van der Waals surface area (Å²) in [5.74, 6) is -0.705.